The largest absolute Gasteiger partial charge is 0.410 e. The fraction of sp³-hybridized carbons (Fsp3) is 0. The number of hydrogen-bond donors (Lipinski definition) is 1. The maximum Gasteiger partial charge on any atom is 0.234 e. The zero-order valence-electron chi connectivity index (χ0n) is 5.61. The maximum atomic E-state index is 10.2. The average Bonchev–Trinajstić information content (AvgIpc) is 2.06. The van der Waals surface area contributed by atoms with Gasteiger partial charge in [0, 0.05) is 11.1 Å². The van der Waals surface area contributed by atoms with E-state index in [-0.39, 0.29) is 0 Å². The second-order valence-corrected chi connectivity index (χ2v) is 1.86. The van der Waals surface area contributed by atoms with E-state index in [2.05, 4.69) is 11.4 Å². The molecule has 1 aromatic rings. The van der Waals surface area contributed by atoms with Crippen molar-refractivity contribution in [3.8, 4) is 0 Å². The van der Waals surface area contributed by atoms with Crippen LogP contribution in [0, 0.1) is 0 Å². The van der Waals surface area contributed by atoms with E-state index < -0.39 is 0 Å². The molecule has 0 heterocycles. The lowest BCUT2D eigenvalue weighted by atomic mass is 10.1. The molecule has 0 aliphatic heterocycles. The Balaban J connectivity index is 3.11. The number of benzene rings is 1. The van der Waals surface area contributed by atoms with Gasteiger partial charge in [-0.2, -0.15) is 0 Å². The van der Waals surface area contributed by atoms with Gasteiger partial charge >= 0.3 is 0 Å². The molecule has 0 saturated heterocycles. The molecule has 54 valence electrons. The molecule has 0 saturated carbocycles. The monoisotopic (exact) mass is 147 g/mol. The van der Waals surface area contributed by atoms with Crippen molar-refractivity contribution in [2.75, 3.05) is 0 Å². The van der Waals surface area contributed by atoms with E-state index in [1.54, 1.807) is 30.6 Å². The molecule has 1 aromatic carbocycles. The lowest BCUT2D eigenvalue weighted by Crippen LogP contribution is -1.89. The minimum Gasteiger partial charge on any atom is -0.410 e. The van der Waals surface area contributed by atoms with Crippen LogP contribution in [0.2, 0.25) is 0 Å². The van der Waals surface area contributed by atoms with Gasteiger partial charge in [0.1, 0.15) is 6.21 Å². The summed E-state index contributed by atoms with van der Waals surface area (Å²) < 4.78 is 0. The van der Waals surface area contributed by atoms with Crippen LogP contribution in [0.15, 0.2) is 29.4 Å². The molecule has 0 aliphatic carbocycles. The van der Waals surface area contributed by atoms with Crippen LogP contribution in [0.4, 0.5) is 0 Å². The highest BCUT2D eigenvalue weighted by molar-refractivity contribution is 5.92. The van der Waals surface area contributed by atoms with Crippen LogP contribution < -0.4 is 0 Å². The summed E-state index contributed by atoms with van der Waals surface area (Å²) in [6.07, 6.45) is 3.94. The Morgan fingerprint density at radius 2 is 1.91 bits per heavy atom. The molecule has 1 N–H and O–H groups in total. The zero-order valence-corrected chi connectivity index (χ0v) is 5.61. The number of hydrogen-bond acceptors (Lipinski definition) is 3. The quantitative estimate of drug-likeness (QED) is 0.382. The van der Waals surface area contributed by atoms with Crippen LogP contribution in [0.5, 0.6) is 0 Å². The van der Waals surface area contributed by atoms with Gasteiger partial charge in [0.05, 0.1) is 0 Å². The van der Waals surface area contributed by atoms with E-state index in [9.17, 15) is 4.79 Å². The smallest absolute Gasteiger partial charge is 0.234 e. The summed E-state index contributed by atoms with van der Waals surface area (Å²) in [5.74, 6) is 0. The molecule has 0 aromatic heterocycles. The first-order valence-corrected chi connectivity index (χ1v) is 2.96. The minimum absolute atomic E-state index is 0.338. The normalized spacial score (nSPS) is 10.2. The first kappa shape index (κ1) is 7.47. The second-order valence-electron chi connectivity index (χ2n) is 1.86. The van der Waals surface area contributed by atoms with Crippen LogP contribution in [0.3, 0.4) is 0 Å². The number of carbonyl (C=O) groups excluding carboxylic acids is 1. The molecule has 0 amide bonds. The summed E-state index contributed by atoms with van der Waals surface area (Å²) in [4.78, 5) is 10.2. The highest BCUT2D eigenvalue weighted by Gasteiger charge is 1.97. The molecule has 2 radical (unpaired) electrons. The molecule has 0 spiro atoms. The molecular formula is C8H5NO2. The molecule has 0 unspecified atom stereocenters. The Morgan fingerprint density at radius 1 is 1.27 bits per heavy atom. The zero-order chi connectivity index (χ0) is 8.10. The first-order valence-electron chi connectivity index (χ1n) is 2.96. The van der Waals surface area contributed by atoms with Crippen molar-refractivity contribution in [1.82, 2.24) is 0 Å². The molecule has 3 heteroatoms. The summed E-state index contributed by atoms with van der Waals surface area (Å²) in [5, 5.41) is 10.8. The minimum atomic E-state index is 0.338. The number of nitrogens with zero attached hydrogens (tertiary/aromatic N) is 1. The van der Waals surface area contributed by atoms with Crippen molar-refractivity contribution >= 4 is 12.5 Å². The summed E-state index contributed by atoms with van der Waals surface area (Å²) in [6.45, 7) is 0. The topological polar surface area (TPSA) is 49.7 Å². The third kappa shape index (κ3) is 1.64. The van der Waals surface area contributed by atoms with Crippen molar-refractivity contribution < 1.29 is 10.0 Å². The van der Waals surface area contributed by atoms with Gasteiger partial charge < -0.3 is 5.21 Å². The van der Waals surface area contributed by atoms with Crippen molar-refractivity contribution in [2.24, 2.45) is 5.16 Å². The first-order chi connectivity index (χ1) is 5.38. The predicted octanol–water partition coefficient (Wildman–Crippen LogP) is 0.829. The van der Waals surface area contributed by atoms with E-state index in [0.717, 1.165) is 0 Å². The molecular weight excluding hydrogens is 142 g/mol. The maximum absolute atomic E-state index is 10.2. The van der Waals surface area contributed by atoms with E-state index in [1.807, 2.05) is 0 Å². The Labute approximate surface area is 64.0 Å². The molecule has 0 fully saturated rings. The third-order valence-electron chi connectivity index (χ3n) is 1.21. The van der Waals surface area contributed by atoms with E-state index in [1.165, 1.54) is 0 Å². The van der Waals surface area contributed by atoms with Crippen molar-refractivity contribution in [3.05, 3.63) is 35.4 Å². The van der Waals surface area contributed by atoms with Gasteiger partial charge in [-0.1, -0.05) is 29.4 Å². The van der Waals surface area contributed by atoms with Gasteiger partial charge in [-0.15, -0.1) is 0 Å². The third-order valence-corrected chi connectivity index (χ3v) is 1.21. The molecule has 0 bridgehead atoms. The van der Waals surface area contributed by atoms with E-state index in [4.69, 9.17) is 5.21 Å². The van der Waals surface area contributed by atoms with Gasteiger partial charge in [-0.3, -0.25) is 4.79 Å². The van der Waals surface area contributed by atoms with Crippen molar-refractivity contribution in [2.45, 2.75) is 0 Å². The van der Waals surface area contributed by atoms with Crippen LogP contribution >= 0.6 is 0 Å². The van der Waals surface area contributed by atoms with Gasteiger partial charge in [-0.25, -0.2) is 0 Å². The highest BCUT2D eigenvalue weighted by atomic mass is 16.4. The second kappa shape index (κ2) is 3.51. The molecule has 1 rings (SSSR count). The van der Waals surface area contributed by atoms with Crippen molar-refractivity contribution in [3.63, 3.8) is 0 Å². The summed E-state index contributed by atoms with van der Waals surface area (Å²) in [5.41, 5.74) is 0.773. The summed E-state index contributed by atoms with van der Waals surface area (Å²) in [6, 6.07) is 6.59. The Kier molecular flexibility index (Phi) is 2.38. The van der Waals surface area contributed by atoms with Crippen LogP contribution in [-0.2, 0) is 4.79 Å². The molecule has 11 heavy (non-hydrogen) atoms. The standard InChI is InChI=1S/C8H5NO2/c10-6-8-4-2-1-3-7(8)5-9-11/h1-4,11H. The van der Waals surface area contributed by atoms with Gasteiger partial charge in [0.2, 0.25) is 6.29 Å². The lowest BCUT2D eigenvalue weighted by molar-refractivity contribution is 0.322. The highest BCUT2D eigenvalue weighted by Crippen LogP contribution is 2.01. The Bertz CT molecular complexity index is 281. The summed E-state index contributed by atoms with van der Waals surface area (Å²) in [7, 11) is 0. The van der Waals surface area contributed by atoms with Crippen LogP contribution in [0.1, 0.15) is 11.1 Å². The van der Waals surface area contributed by atoms with Gasteiger partial charge in [-0.05, 0) is 0 Å². The molecule has 3 nitrogen and oxygen atoms in total. The average molecular weight is 147 g/mol. The fourth-order valence-electron chi connectivity index (χ4n) is 0.723. The predicted molar refractivity (Wildman–Crippen MR) is 39.6 cm³/mol. The van der Waals surface area contributed by atoms with Crippen molar-refractivity contribution in [1.29, 1.82) is 0 Å². The Hall–Kier alpha value is -1.64. The number of rotatable bonds is 2. The fourth-order valence-corrected chi connectivity index (χ4v) is 0.723. The van der Waals surface area contributed by atoms with Gasteiger partial charge in [0.15, 0.2) is 0 Å². The van der Waals surface area contributed by atoms with E-state index in [0.29, 0.717) is 11.1 Å². The molecule has 0 atom stereocenters. The SMILES string of the molecule is O=[C]c1ccccc1/[C]=N/O. The van der Waals surface area contributed by atoms with E-state index >= 15 is 0 Å². The summed E-state index contributed by atoms with van der Waals surface area (Å²) >= 11 is 0. The van der Waals surface area contributed by atoms with Crippen LogP contribution in [-0.4, -0.2) is 17.7 Å². The molecule has 0 aliphatic rings. The Morgan fingerprint density at radius 3 is 2.45 bits per heavy atom. The van der Waals surface area contributed by atoms with Crippen LogP contribution in [0.25, 0.3) is 0 Å². The van der Waals surface area contributed by atoms with Gasteiger partial charge in [0.25, 0.3) is 0 Å². The lowest BCUT2D eigenvalue weighted by Gasteiger charge is -1.91.